The Kier molecular flexibility index (Phi) is 4.42. The largest absolute Gasteiger partial charge is 0.473 e. The summed E-state index contributed by atoms with van der Waals surface area (Å²) in [5.41, 5.74) is 7.10. The maximum absolute atomic E-state index is 8.99. The minimum atomic E-state index is -0.0103. The van der Waals surface area contributed by atoms with E-state index in [0.717, 1.165) is 5.56 Å². The van der Waals surface area contributed by atoms with Crippen LogP contribution < -0.4 is 15.2 Å². The number of hydrogen-bond donors (Lipinski definition) is 2. The van der Waals surface area contributed by atoms with E-state index in [9.17, 15) is 0 Å². The number of ether oxygens (including phenoxy) is 2. The molecule has 20 heavy (non-hydrogen) atoms. The van der Waals surface area contributed by atoms with Crippen LogP contribution >= 0.6 is 0 Å². The van der Waals surface area contributed by atoms with Crippen molar-refractivity contribution in [2.75, 3.05) is 5.73 Å². The molecule has 0 unspecified atom stereocenters. The van der Waals surface area contributed by atoms with Gasteiger partial charge < -0.3 is 20.3 Å². The average molecular weight is 274 g/mol. The Bertz CT molecular complexity index is 568. The molecule has 5 heteroatoms. The SMILES string of the molecule is CC(C)Oc1nc(Oc2ccc(CO)cc2)ccc1N. The number of nitrogens with zero attached hydrogens (tertiary/aromatic N) is 1. The molecule has 0 saturated carbocycles. The summed E-state index contributed by atoms with van der Waals surface area (Å²) >= 11 is 0. The molecular weight excluding hydrogens is 256 g/mol. The highest BCUT2D eigenvalue weighted by Crippen LogP contribution is 2.26. The van der Waals surface area contributed by atoms with Gasteiger partial charge in [0.2, 0.25) is 11.8 Å². The van der Waals surface area contributed by atoms with Crippen LogP contribution in [-0.4, -0.2) is 16.2 Å². The lowest BCUT2D eigenvalue weighted by Crippen LogP contribution is -2.09. The first-order valence-electron chi connectivity index (χ1n) is 6.39. The summed E-state index contributed by atoms with van der Waals surface area (Å²) in [4.78, 5) is 4.23. The van der Waals surface area contributed by atoms with E-state index in [1.165, 1.54) is 0 Å². The summed E-state index contributed by atoms with van der Waals surface area (Å²) < 4.78 is 11.1. The van der Waals surface area contributed by atoms with Crippen molar-refractivity contribution in [2.45, 2.75) is 26.6 Å². The van der Waals surface area contributed by atoms with E-state index < -0.39 is 0 Å². The maximum atomic E-state index is 8.99. The van der Waals surface area contributed by atoms with Crippen molar-refractivity contribution in [3.63, 3.8) is 0 Å². The third kappa shape index (κ3) is 3.61. The fraction of sp³-hybridized carbons (Fsp3) is 0.267. The summed E-state index contributed by atoms with van der Waals surface area (Å²) in [6.45, 7) is 3.82. The van der Waals surface area contributed by atoms with Gasteiger partial charge in [0.1, 0.15) is 5.75 Å². The maximum Gasteiger partial charge on any atom is 0.240 e. The molecule has 2 rings (SSSR count). The van der Waals surface area contributed by atoms with Crippen molar-refractivity contribution in [1.82, 2.24) is 4.98 Å². The lowest BCUT2D eigenvalue weighted by atomic mass is 10.2. The number of aliphatic hydroxyl groups excluding tert-OH is 1. The molecule has 2 aromatic rings. The van der Waals surface area contributed by atoms with Crippen LogP contribution in [0.4, 0.5) is 5.69 Å². The second-order valence-electron chi connectivity index (χ2n) is 4.61. The summed E-state index contributed by atoms with van der Waals surface area (Å²) in [7, 11) is 0. The zero-order chi connectivity index (χ0) is 14.5. The van der Waals surface area contributed by atoms with Gasteiger partial charge in [-0.1, -0.05) is 12.1 Å². The smallest absolute Gasteiger partial charge is 0.240 e. The van der Waals surface area contributed by atoms with Gasteiger partial charge >= 0.3 is 0 Å². The van der Waals surface area contributed by atoms with Crippen LogP contribution in [-0.2, 0) is 6.61 Å². The van der Waals surface area contributed by atoms with Crippen LogP contribution in [0.25, 0.3) is 0 Å². The third-order valence-electron chi connectivity index (χ3n) is 2.54. The van der Waals surface area contributed by atoms with Gasteiger partial charge in [-0.3, -0.25) is 0 Å². The Labute approximate surface area is 118 Å². The minimum absolute atomic E-state index is 0.00672. The molecule has 0 radical (unpaired) electrons. The molecule has 1 aromatic heterocycles. The van der Waals surface area contributed by atoms with E-state index >= 15 is 0 Å². The van der Waals surface area contributed by atoms with Crippen molar-refractivity contribution < 1.29 is 14.6 Å². The standard InChI is InChI=1S/C15H18N2O3/c1-10(2)19-15-13(16)7-8-14(17-15)20-12-5-3-11(9-18)4-6-12/h3-8,10,18H,9,16H2,1-2H3. The summed E-state index contributed by atoms with van der Waals surface area (Å²) in [6, 6.07) is 10.5. The molecule has 0 atom stereocenters. The Hall–Kier alpha value is -2.27. The zero-order valence-corrected chi connectivity index (χ0v) is 11.5. The van der Waals surface area contributed by atoms with Crippen molar-refractivity contribution >= 4 is 5.69 Å². The number of benzene rings is 1. The highest BCUT2D eigenvalue weighted by atomic mass is 16.5. The number of nitrogens with two attached hydrogens (primary N) is 1. The molecule has 106 valence electrons. The second-order valence-corrected chi connectivity index (χ2v) is 4.61. The van der Waals surface area contributed by atoms with E-state index in [1.807, 2.05) is 13.8 Å². The van der Waals surface area contributed by atoms with Crippen molar-refractivity contribution in [3.8, 4) is 17.5 Å². The highest BCUT2D eigenvalue weighted by Gasteiger charge is 2.08. The van der Waals surface area contributed by atoms with Crippen LogP contribution in [0.5, 0.6) is 17.5 Å². The molecule has 1 heterocycles. The van der Waals surface area contributed by atoms with Gasteiger partial charge in [-0.2, -0.15) is 4.98 Å². The highest BCUT2D eigenvalue weighted by molar-refractivity contribution is 5.49. The molecule has 0 aliphatic rings. The molecule has 0 aliphatic carbocycles. The van der Waals surface area contributed by atoms with Gasteiger partial charge in [0, 0.05) is 6.07 Å². The predicted molar refractivity (Wildman–Crippen MR) is 76.9 cm³/mol. The van der Waals surface area contributed by atoms with Crippen LogP contribution in [0.1, 0.15) is 19.4 Å². The first-order valence-corrected chi connectivity index (χ1v) is 6.39. The van der Waals surface area contributed by atoms with Gasteiger partial charge in [0.05, 0.1) is 18.4 Å². The van der Waals surface area contributed by atoms with Crippen molar-refractivity contribution in [2.24, 2.45) is 0 Å². The van der Waals surface area contributed by atoms with Gasteiger partial charge in [-0.25, -0.2) is 0 Å². The molecule has 0 aliphatic heterocycles. The molecule has 1 aromatic carbocycles. The number of aliphatic hydroxyl groups is 1. The van der Waals surface area contributed by atoms with Gasteiger partial charge in [-0.05, 0) is 37.6 Å². The summed E-state index contributed by atoms with van der Waals surface area (Å²) in [6.07, 6.45) is -0.0103. The fourth-order valence-electron chi connectivity index (χ4n) is 1.59. The lowest BCUT2D eigenvalue weighted by Gasteiger charge is -2.12. The van der Waals surface area contributed by atoms with E-state index in [4.69, 9.17) is 20.3 Å². The first kappa shape index (κ1) is 14.1. The summed E-state index contributed by atoms with van der Waals surface area (Å²) in [5, 5.41) is 8.99. The Morgan fingerprint density at radius 1 is 1.15 bits per heavy atom. The van der Waals surface area contributed by atoms with E-state index in [-0.39, 0.29) is 12.7 Å². The summed E-state index contributed by atoms with van der Waals surface area (Å²) in [5.74, 6) is 1.41. The Balaban J connectivity index is 2.16. The third-order valence-corrected chi connectivity index (χ3v) is 2.54. The Morgan fingerprint density at radius 3 is 2.45 bits per heavy atom. The number of nitrogen functional groups attached to an aromatic ring is 1. The topological polar surface area (TPSA) is 77.6 Å². The van der Waals surface area contributed by atoms with Crippen molar-refractivity contribution in [1.29, 1.82) is 0 Å². The lowest BCUT2D eigenvalue weighted by molar-refractivity contribution is 0.232. The molecule has 0 saturated heterocycles. The van der Waals surface area contributed by atoms with Gasteiger partial charge in [0.25, 0.3) is 0 Å². The van der Waals surface area contributed by atoms with Crippen LogP contribution in [0.3, 0.4) is 0 Å². The predicted octanol–water partition coefficient (Wildman–Crippen LogP) is 2.74. The molecule has 0 bridgehead atoms. The molecular formula is C15H18N2O3. The number of pyridine rings is 1. The second kappa shape index (κ2) is 6.25. The number of hydrogen-bond acceptors (Lipinski definition) is 5. The molecule has 3 N–H and O–H groups in total. The van der Waals surface area contributed by atoms with E-state index in [2.05, 4.69) is 4.98 Å². The van der Waals surface area contributed by atoms with Crippen molar-refractivity contribution in [3.05, 3.63) is 42.0 Å². The average Bonchev–Trinajstić information content (AvgIpc) is 2.43. The monoisotopic (exact) mass is 274 g/mol. The van der Waals surface area contributed by atoms with Gasteiger partial charge in [-0.15, -0.1) is 0 Å². The number of anilines is 1. The van der Waals surface area contributed by atoms with Gasteiger partial charge in [0.15, 0.2) is 0 Å². The number of aromatic nitrogens is 1. The molecule has 0 spiro atoms. The molecule has 0 amide bonds. The molecule has 0 fully saturated rings. The number of rotatable bonds is 5. The van der Waals surface area contributed by atoms with E-state index in [0.29, 0.717) is 23.2 Å². The molecule has 5 nitrogen and oxygen atoms in total. The van der Waals surface area contributed by atoms with Crippen LogP contribution in [0.2, 0.25) is 0 Å². The quantitative estimate of drug-likeness (QED) is 0.876. The Morgan fingerprint density at radius 2 is 1.85 bits per heavy atom. The van der Waals surface area contributed by atoms with E-state index in [1.54, 1.807) is 36.4 Å². The minimum Gasteiger partial charge on any atom is -0.473 e. The van der Waals surface area contributed by atoms with Crippen LogP contribution in [0, 0.1) is 0 Å². The fourth-order valence-corrected chi connectivity index (χ4v) is 1.59. The van der Waals surface area contributed by atoms with Crippen LogP contribution in [0.15, 0.2) is 36.4 Å². The normalized spacial score (nSPS) is 10.6. The first-order chi connectivity index (χ1) is 9.58. The zero-order valence-electron chi connectivity index (χ0n) is 11.5.